The molecule has 3 aliphatic heterocycles. The van der Waals surface area contributed by atoms with Crippen LogP contribution >= 0.6 is 24.0 Å². The van der Waals surface area contributed by atoms with Crippen LogP contribution in [0.25, 0.3) is 0 Å². The summed E-state index contributed by atoms with van der Waals surface area (Å²) in [5.41, 5.74) is 0. The van der Waals surface area contributed by atoms with Gasteiger partial charge in [0.2, 0.25) is 10.7 Å². The Hall–Kier alpha value is 0.0400. The first-order valence-electron chi connectivity index (χ1n) is 7.28. The Kier molecular flexibility index (Phi) is 4.48. The fraction of sp³-hybridized carbons (Fsp3) is 0.929. The van der Waals surface area contributed by atoms with Gasteiger partial charge in [-0.1, -0.05) is 11.8 Å². The zero-order valence-electron chi connectivity index (χ0n) is 13.4. The van der Waals surface area contributed by atoms with Crippen molar-refractivity contribution >= 4 is 28.4 Å². The number of hydrogen-bond donors (Lipinski definition) is 0. The van der Waals surface area contributed by atoms with Crippen LogP contribution in [0.4, 0.5) is 0 Å². The van der Waals surface area contributed by atoms with Crippen molar-refractivity contribution in [2.45, 2.75) is 70.0 Å². The van der Waals surface area contributed by atoms with Crippen LogP contribution in [0.2, 0.25) is 0 Å². The molecule has 6 nitrogen and oxygen atoms in total. The van der Waals surface area contributed by atoms with Crippen LogP contribution in [0.15, 0.2) is 0 Å². The zero-order chi connectivity index (χ0) is 16.1. The molecule has 5 atom stereocenters. The number of fused-ring (bicyclic) bond motifs is 1. The molecule has 0 aromatic heterocycles. The molecule has 22 heavy (non-hydrogen) atoms. The SMILES string of the molecule is CSC(=S)O[C@@H]1O[C@H]([C@H]2COC(C)(C)O2)[C@H]2OC(C)(C)O[C@@H]12. The summed E-state index contributed by atoms with van der Waals surface area (Å²) in [6.07, 6.45) is 0.117. The monoisotopic (exact) mass is 350 g/mol. The van der Waals surface area contributed by atoms with Gasteiger partial charge in [-0.05, 0) is 46.2 Å². The summed E-state index contributed by atoms with van der Waals surface area (Å²) in [5.74, 6) is -1.30. The average Bonchev–Trinajstić information content (AvgIpc) is 3.01. The first-order chi connectivity index (χ1) is 10.2. The maximum atomic E-state index is 6.00. The van der Waals surface area contributed by atoms with E-state index in [-0.39, 0.29) is 24.4 Å². The topological polar surface area (TPSA) is 55.4 Å². The molecule has 3 saturated heterocycles. The second kappa shape index (κ2) is 5.84. The summed E-state index contributed by atoms with van der Waals surface area (Å²) in [6, 6.07) is 0. The number of rotatable bonds is 2. The first-order valence-corrected chi connectivity index (χ1v) is 8.91. The van der Waals surface area contributed by atoms with Crippen LogP contribution < -0.4 is 0 Å². The van der Waals surface area contributed by atoms with E-state index in [1.54, 1.807) is 0 Å². The van der Waals surface area contributed by atoms with Gasteiger partial charge in [-0.25, -0.2) is 0 Å². The molecule has 0 N–H and O–H groups in total. The van der Waals surface area contributed by atoms with Crippen LogP contribution in [0.5, 0.6) is 0 Å². The molecule has 126 valence electrons. The van der Waals surface area contributed by atoms with E-state index >= 15 is 0 Å². The van der Waals surface area contributed by atoms with Crippen LogP contribution in [0.3, 0.4) is 0 Å². The molecule has 0 saturated carbocycles. The highest BCUT2D eigenvalue weighted by Gasteiger charge is 2.60. The highest BCUT2D eigenvalue weighted by atomic mass is 32.2. The lowest BCUT2D eigenvalue weighted by atomic mass is 10.1. The van der Waals surface area contributed by atoms with E-state index in [1.807, 2.05) is 34.0 Å². The van der Waals surface area contributed by atoms with Crippen molar-refractivity contribution in [2.24, 2.45) is 0 Å². The second-order valence-corrected chi connectivity index (χ2v) is 7.88. The van der Waals surface area contributed by atoms with Gasteiger partial charge >= 0.3 is 0 Å². The molecule has 0 spiro atoms. The molecule has 0 amide bonds. The van der Waals surface area contributed by atoms with Crippen LogP contribution in [-0.2, 0) is 28.4 Å². The highest BCUT2D eigenvalue weighted by Crippen LogP contribution is 2.42. The predicted molar refractivity (Wildman–Crippen MR) is 84.6 cm³/mol. The number of ether oxygens (including phenoxy) is 6. The Morgan fingerprint density at radius 2 is 1.73 bits per heavy atom. The molecule has 3 rings (SSSR count). The Morgan fingerprint density at radius 3 is 2.32 bits per heavy atom. The summed E-state index contributed by atoms with van der Waals surface area (Å²) < 4.78 is 35.6. The summed E-state index contributed by atoms with van der Waals surface area (Å²) in [7, 11) is 0. The Bertz CT molecular complexity index is 455. The van der Waals surface area contributed by atoms with Crippen molar-refractivity contribution in [3.8, 4) is 0 Å². The van der Waals surface area contributed by atoms with Crippen molar-refractivity contribution in [1.82, 2.24) is 0 Å². The van der Waals surface area contributed by atoms with Gasteiger partial charge in [-0.3, -0.25) is 0 Å². The van der Waals surface area contributed by atoms with Crippen LogP contribution in [-0.4, -0.2) is 59.5 Å². The molecule has 0 unspecified atom stereocenters. The normalized spacial score (nSPS) is 42.3. The van der Waals surface area contributed by atoms with Gasteiger partial charge in [-0.15, -0.1) is 0 Å². The van der Waals surface area contributed by atoms with E-state index in [0.717, 1.165) is 0 Å². The molecule has 0 radical (unpaired) electrons. The Morgan fingerprint density at radius 1 is 1.05 bits per heavy atom. The third-order valence-electron chi connectivity index (χ3n) is 3.82. The van der Waals surface area contributed by atoms with Crippen molar-refractivity contribution in [2.75, 3.05) is 12.9 Å². The molecule has 0 aromatic rings. The lowest BCUT2D eigenvalue weighted by Crippen LogP contribution is -2.40. The van der Waals surface area contributed by atoms with E-state index in [9.17, 15) is 0 Å². The van der Waals surface area contributed by atoms with Crippen molar-refractivity contribution in [3.05, 3.63) is 0 Å². The predicted octanol–water partition coefficient (Wildman–Crippen LogP) is 2.05. The minimum atomic E-state index is -0.686. The fourth-order valence-corrected chi connectivity index (χ4v) is 3.29. The van der Waals surface area contributed by atoms with Gasteiger partial charge in [0.25, 0.3) is 0 Å². The van der Waals surface area contributed by atoms with Gasteiger partial charge in [0.1, 0.15) is 18.3 Å². The molecule has 3 fully saturated rings. The van der Waals surface area contributed by atoms with Crippen LogP contribution in [0, 0.1) is 0 Å². The maximum Gasteiger partial charge on any atom is 0.231 e. The third-order valence-corrected chi connectivity index (χ3v) is 4.85. The van der Waals surface area contributed by atoms with E-state index in [2.05, 4.69) is 0 Å². The molecule has 3 aliphatic rings. The summed E-state index contributed by atoms with van der Waals surface area (Å²) in [4.78, 5) is 0. The lowest BCUT2D eigenvalue weighted by molar-refractivity contribution is -0.231. The molecular formula is C14H22O6S2. The summed E-state index contributed by atoms with van der Waals surface area (Å²) in [5, 5.41) is 0. The molecule has 3 heterocycles. The molecule has 0 bridgehead atoms. The third kappa shape index (κ3) is 3.28. The van der Waals surface area contributed by atoms with Gasteiger partial charge in [0, 0.05) is 0 Å². The van der Waals surface area contributed by atoms with E-state index in [1.165, 1.54) is 11.8 Å². The highest BCUT2D eigenvalue weighted by molar-refractivity contribution is 8.22. The second-order valence-electron chi connectivity index (χ2n) is 6.47. The average molecular weight is 350 g/mol. The Balaban J connectivity index is 1.75. The first kappa shape index (κ1) is 16.9. The quantitative estimate of drug-likeness (QED) is 0.702. The van der Waals surface area contributed by atoms with E-state index < -0.39 is 17.9 Å². The smallest absolute Gasteiger partial charge is 0.231 e. The zero-order valence-corrected chi connectivity index (χ0v) is 15.0. The largest absolute Gasteiger partial charge is 0.446 e. The van der Waals surface area contributed by atoms with Crippen molar-refractivity contribution < 1.29 is 28.4 Å². The van der Waals surface area contributed by atoms with E-state index in [4.69, 9.17) is 40.6 Å². The van der Waals surface area contributed by atoms with Crippen LogP contribution in [0.1, 0.15) is 27.7 Å². The number of hydrogen-bond acceptors (Lipinski definition) is 8. The number of thioether (sulfide) groups is 1. The molecule has 0 aliphatic carbocycles. The van der Waals surface area contributed by atoms with Crippen molar-refractivity contribution in [1.29, 1.82) is 0 Å². The molecular weight excluding hydrogens is 328 g/mol. The maximum absolute atomic E-state index is 6.00. The van der Waals surface area contributed by atoms with Gasteiger partial charge in [0.05, 0.1) is 6.61 Å². The summed E-state index contributed by atoms with van der Waals surface area (Å²) >= 11 is 6.48. The molecule has 8 heteroatoms. The summed E-state index contributed by atoms with van der Waals surface area (Å²) in [6.45, 7) is 7.97. The lowest BCUT2D eigenvalue weighted by Gasteiger charge is -2.26. The fourth-order valence-electron chi connectivity index (χ4n) is 3.01. The number of thiocarbonyl (C=S) groups is 1. The van der Waals surface area contributed by atoms with Gasteiger partial charge in [-0.2, -0.15) is 0 Å². The minimum absolute atomic E-state index is 0.226. The van der Waals surface area contributed by atoms with Crippen molar-refractivity contribution in [3.63, 3.8) is 0 Å². The van der Waals surface area contributed by atoms with Gasteiger partial charge < -0.3 is 28.4 Å². The van der Waals surface area contributed by atoms with Gasteiger partial charge in [0.15, 0.2) is 17.7 Å². The van der Waals surface area contributed by atoms with E-state index in [0.29, 0.717) is 11.0 Å². The Labute approximate surface area is 140 Å². The standard InChI is InChI=1S/C14H22O6S2/c1-13(2)15-6-7(18-13)8-9-10(20-14(3,4)19-9)11(16-8)17-12(21)22-5/h7-11H,6H2,1-5H3/t7-,8-,9-,10-,11+/m1/s1. The minimum Gasteiger partial charge on any atom is -0.446 e. The molecule has 0 aromatic carbocycles.